The van der Waals surface area contributed by atoms with Gasteiger partial charge in [0.15, 0.2) is 4.96 Å². The van der Waals surface area contributed by atoms with Crippen LogP contribution in [0.25, 0.3) is 4.96 Å². The number of imidazole rings is 1. The second-order valence-electron chi connectivity index (χ2n) is 4.14. The van der Waals surface area contributed by atoms with E-state index in [9.17, 15) is 4.39 Å². The van der Waals surface area contributed by atoms with Crippen molar-refractivity contribution in [3.63, 3.8) is 0 Å². The number of aromatic nitrogens is 2. The molecule has 0 radical (unpaired) electrons. The standard InChI is InChI=1S/C13H11ClFN3OS/c1-19-12-11(18-2-3-20-13(18)17-12)7-16-10-5-8(14)4-9(15)6-10/h2-6,16H,7H2,1H3. The SMILES string of the molecule is COc1nc2sccn2c1CNc1cc(F)cc(Cl)c1. The average Bonchev–Trinajstić information content (AvgIpc) is 2.95. The van der Waals surface area contributed by atoms with Crippen LogP contribution in [0.1, 0.15) is 5.69 Å². The Balaban J connectivity index is 1.87. The molecule has 0 amide bonds. The van der Waals surface area contributed by atoms with E-state index >= 15 is 0 Å². The molecule has 1 aromatic carbocycles. The summed E-state index contributed by atoms with van der Waals surface area (Å²) in [7, 11) is 1.58. The molecule has 0 unspecified atom stereocenters. The molecular formula is C13H11ClFN3OS. The van der Waals surface area contributed by atoms with Crippen LogP contribution in [0.4, 0.5) is 10.1 Å². The van der Waals surface area contributed by atoms with Crippen LogP contribution in [0.3, 0.4) is 0 Å². The average molecular weight is 312 g/mol. The third kappa shape index (κ3) is 2.44. The van der Waals surface area contributed by atoms with Crippen molar-refractivity contribution in [3.8, 4) is 5.88 Å². The minimum absolute atomic E-state index is 0.355. The smallest absolute Gasteiger partial charge is 0.238 e. The molecule has 0 aliphatic rings. The van der Waals surface area contributed by atoms with Crippen LogP contribution in [0, 0.1) is 5.82 Å². The summed E-state index contributed by atoms with van der Waals surface area (Å²) in [4.78, 5) is 5.22. The zero-order valence-corrected chi connectivity index (χ0v) is 12.1. The number of nitrogens with one attached hydrogen (secondary N) is 1. The van der Waals surface area contributed by atoms with Crippen molar-refractivity contribution in [1.29, 1.82) is 0 Å². The molecule has 0 spiro atoms. The lowest BCUT2D eigenvalue weighted by atomic mass is 10.3. The Morgan fingerprint density at radius 1 is 1.45 bits per heavy atom. The fraction of sp³-hybridized carbons (Fsp3) is 0.154. The molecule has 1 N–H and O–H groups in total. The van der Waals surface area contributed by atoms with Crippen LogP contribution in [-0.4, -0.2) is 16.5 Å². The lowest BCUT2D eigenvalue weighted by Crippen LogP contribution is -2.04. The lowest BCUT2D eigenvalue weighted by Gasteiger charge is -2.08. The van der Waals surface area contributed by atoms with E-state index in [1.807, 2.05) is 16.0 Å². The van der Waals surface area contributed by atoms with Crippen LogP contribution in [-0.2, 0) is 6.54 Å². The molecule has 20 heavy (non-hydrogen) atoms. The van der Waals surface area contributed by atoms with Crippen molar-refractivity contribution in [1.82, 2.24) is 9.38 Å². The molecule has 4 nitrogen and oxygen atoms in total. The molecule has 3 rings (SSSR count). The first-order valence-corrected chi connectivity index (χ1v) is 7.11. The Hall–Kier alpha value is -1.79. The van der Waals surface area contributed by atoms with E-state index < -0.39 is 0 Å². The van der Waals surface area contributed by atoms with Gasteiger partial charge in [-0.1, -0.05) is 11.6 Å². The first kappa shape index (κ1) is 13.2. The number of rotatable bonds is 4. The molecule has 0 fully saturated rings. The van der Waals surface area contributed by atoms with Gasteiger partial charge in [-0.15, -0.1) is 11.3 Å². The maximum absolute atomic E-state index is 13.3. The third-order valence-corrected chi connectivity index (χ3v) is 3.81. The van der Waals surface area contributed by atoms with E-state index in [4.69, 9.17) is 16.3 Å². The van der Waals surface area contributed by atoms with Gasteiger partial charge in [-0.3, -0.25) is 4.40 Å². The maximum atomic E-state index is 13.3. The highest BCUT2D eigenvalue weighted by Crippen LogP contribution is 2.25. The Bertz CT molecular complexity index is 735. The number of methoxy groups -OCH3 is 1. The number of ether oxygens (including phenoxy) is 1. The highest BCUT2D eigenvalue weighted by atomic mass is 35.5. The van der Waals surface area contributed by atoms with Crippen molar-refractivity contribution >= 4 is 33.6 Å². The van der Waals surface area contributed by atoms with Crippen LogP contribution < -0.4 is 10.1 Å². The molecule has 2 heterocycles. The largest absolute Gasteiger partial charge is 0.480 e. The molecule has 0 aliphatic carbocycles. The molecule has 0 saturated heterocycles. The monoisotopic (exact) mass is 311 g/mol. The summed E-state index contributed by atoms with van der Waals surface area (Å²) in [5, 5.41) is 5.43. The van der Waals surface area contributed by atoms with Gasteiger partial charge in [0, 0.05) is 22.3 Å². The number of fused-ring (bicyclic) bond motifs is 1. The minimum atomic E-state index is -0.374. The lowest BCUT2D eigenvalue weighted by molar-refractivity contribution is 0.395. The normalized spacial score (nSPS) is 10.9. The number of anilines is 1. The van der Waals surface area contributed by atoms with Gasteiger partial charge in [0.2, 0.25) is 5.88 Å². The van der Waals surface area contributed by atoms with Crippen molar-refractivity contribution in [3.05, 3.63) is 46.3 Å². The van der Waals surface area contributed by atoms with E-state index in [0.717, 1.165) is 10.7 Å². The first-order valence-electron chi connectivity index (χ1n) is 5.86. The number of benzene rings is 1. The van der Waals surface area contributed by atoms with Gasteiger partial charge in [0.25, 0.3) is 0 Å². The molecule has 0 bridgehead atoms. The van der Waals surface area contributed by atoms with Gasteiger partial charge >= 0.3 is 0 Å². The minimum Gasteiger partial charge on any atom is -0.480 e. The summed E-state index contributed by atoms with van der Waals surface area (Å²) in [6, 6.07) is 4.33. The van der Waals surface area contributed by atoms with Crippen LogP contribution >= 0.6 is 22.9 Å². The molecule has 104 valence electrons. The highest BCUT2D eigenvalue weighted by Gasteiger charge is 2.13. The zero-order chi connectivity index (χ0) is 14.1. The number of nitrogens with zero attached hydrogens (tertiary/aromatic N) is 2. The van der Waals surface area contributed by atoms with Crippen LogP contribution in [0.15, 0.2) is 29.8 Å². The van der Waals surface area contributed by atoms with Crippen molar-refractivity contribution < 1.29 is 9.13 Å². The third-order valence-electron chi connectivity index (χ3n) is 2.84. The van der Waals surface area contributed by atoms with E-state index in [1.165, 1.54) is 23.5 Å². The second-order valence-corrected chi connectivity index (χ2v) is 5.44. The Labute approximate surface area is 123 Å². The highest BCUT2D eigenvalue weighted by molar-refractivity contribution is 7.15. The summed E-state index contributed by atoms with van der Waals surface area (Å²) >= 11 is 7.35. The molecule has 0 saturated carbocycles. The molecule has 0 aliphatic heterocycles. The number of thiazole rings is 1. The Morgan fingerprint density at radius 3 is 3.05 bits per heavy atom. The Morgan fingerprint density at radius 2 is 2.30 bits per heavy atom. The quantitative estimate of drug-likeness (QED) is 0.796. The molecule has 7 heteroatoms. The first-order chi connectivity index (χ1) is 9.67. The number of halogens is 2. The van der Waals surface area contributed by atoms with Gasteiger partial charge < -0.3 is 10.1 Å². The second kappa shape index (κ2) is 5.30. The molecule has 0 atom stereocenters. The van der Waals surface area contributed by atoms with E-state index in [-0.39, 0.29) is 5.82 Å². The van der Waals surface area contributed by atoms with E-state index in [1.54, 1.807) is 13.2 Å². The number of hydrogen-bond donors (Lipinski definition) is 1. The summed E-state index contributed by atoms with van der Waals surface area (Å²) in [5.74, 6) is 0.188. The fourth-order valence-corrected chi connectivity index (χ4v) is 2.92. The van der Waals surface area contributed by atoms with Crippen molar-refractivity contribution in [2.75, 3.05) is 12.4 Å². The zero-order valence-electron chi connectivity index (χ0n) is 10.6. The molecular weight excluding hydrogens is 301 g/mol. The predicted octanol–water partition coefficient (Wildman–Crippen LogP) is 3.81. The fourth-order valence-electron chi connectivity index (χ4n) is 1.98. The van der Waals surface area contributed by atoms with Gasteiger partial charge in [-0.25, -0.2) is 4.39 Å². The van der Waals surface area contributed by atoms with Crippen molar-refractivity contribution in [2.45, 2.75) is 6.54 Å². The molecule has 2 aromatic heterocycles. The predicted molar refractivity (Wildman–Crippen MR) is 78.4 cm³/mol. The van der Waals surface area contributed by atoms with E-state index in [0.29, 0.717) is 23.1 Å². The van der Waals surface area contributed by atoms with Gasteiger partial charge in [-0.2, -0.15) is 4.98 Å². The van der Waals surface area contributed by atoms with Gasteiger partial charge in [-0.05, 0) is 18.2 Å². The summed E-state index contributed by atoms with van der Waals surface area (Å²) in [6.45, 7) is 0.459. The number of hydrogen-bond acceptors (Lipinski definition) is 4. The summed E-state index contributed by atoms with van der Waals surface area (Å²) in [5.41, 5.74) is 1.49. The van der Waals surface area contributed by atoms with E-state index in [2.05, 4.69) is 10.3 Å². The van der Waals surface area contributed by atoms with Gasteiger partial charge in [0.05, 0.1) is 13.7 Å². The van der Waals surface area contributed by atoms with Crippen LogP contribution in [0.5, 0.6) is 5.88 Å². The van der Waals surface area contributed by atoms with Crippen molar-refractivity contribution in [2.24, 2.45) is 0 Å². The topological polar surface area (TPSA) is 38.6 Å². The van der Waals surface area contributed by atoms with Crippen LogP contribution in [0.2, 0.25) is 5.02 Å². The molecule has 3 aromatic rings. The Kier molecular flexibility index (Phi) is 3.50. The maximum Gasteiger partial charge on any atom is 0.238 e. The summed E-state index contributed by atoms with van der Waals surface area (Å²) < 4.78 is 20.5. The summed E-state index contributed by atoms with van der Waals surface area (Å²) in [6.07, 6.45) is 1.92. The van der Waals surface area contributed by atoms with Gasteiger partial charge in [0.1, 0.15) is 11.5 Å².